The zero-order valence-corrected chi connectivity index (χ0v) is 13.3. The maximum absolute atomic E-state index is 5.17. The first-order valence-electron chi connectivity index (χ1n) is 5.94. The molecule has 0 aliphatic rings. The van der Waals surface area contributed by atoms with E-state index in [1.54, 1.807) is 7.11 Å². The van der Waals surface area contributed by atoms with Crippen LogP contribution in [0.1, 0.15) is 25.7 Å². The predicted octanol–water partition coefficient (Wildman–Crippen LogP) is 5.05. The summed E-state index contributed by atoms with van der Waals surface area (Å²) < 4.78 is 5.17. The molecule has 3 heteroatoms. The van der Waals surface area contributed by atoms with E-state index in [-0.39, 0.29) is 0 Å². The zero-order chi connectivity index (χ0) is 13.1. The average Bonchev–Trinajstić information content (AvgIpc) is 2.69. The molecule has 0 fully saturated rings. The number of rotatable bonds is 4. The maximum atomic E-state index is 5.17. The molecule has 1 aromatic heterocycles. The van der Waals surface area contributed by atoms with Crippen LogP contribution in [0.2, 0.25) is 0 Å². The molecule has 1 unspecified atom stereocenters. The first kappa shape index (κ1) is 13.6. The summed E-state index contributed by atoms with van der Waals surface area (Å²) in [6.45, 7) is 4.35. The number of halogens is 1. The second kappa shape index (κ2) is 5.89. The van der Waals surface area contributed by atoms with Crippen molar-refractivity contribution in [3.05, 3.63) is 51.2 Å². The predicted molar refractivity (Wildman–Crippen MR) is 82.2 cm³/mol. The Kier molecular flexibility index (Phi) is 4.46. The van der Waals surface area contributed by atoms with E-state index < -0.39 is 0 Å². The third kappa shape index (κ3) is 3.15. The molecule has 0 aliphatic heterocycles. The summed E-state index contributed by atoms with van der Waals surface area (Å²) in [6, 6.07) is 10.6. The minimum Gasteiger partial charge on any atom is -0.497 e. The Balaban J connectivity index is 2.10. The summed E-state index contributed by atoms with van der Waals surface area (Å²) in [6.07, 6.45) is 1.00. The number of methoxy groups -OCH3 is 1. The molecule has 1 heterocycles. The lowest BCUT2D eigenvalue weighted by atomic mass is 10.0. The van der Waals surface area contributed by atoms with Gasteiger partial charge in [-0.15, -0.1) is 11.3 Å². The Bertz CT molecular complexity index is 516. The zero-order valence-electron chi connectivity index (χ0n) is 10.9. The molecule has 1 nitrogen and oxygen atoms in total. The van der Waals surface area contributed by atoms with Crippen LogP contribution in [0, 0.1) is 13.8 Å². The number of ether oxygens (including phenoxy) is 1. The fourth-order valence-electron chi connectivity index (χ4n) is 2.04. The van der Waals surface area contributed by atoms with Crippen molar-refractivity contribution in [1.29, 1.82) is 0 Å². The van der Waals surface area contributed by atoms with Gasteiger partial charge in [-0.25, -0.2) is 0 Å². The summed E-state index contributed by atoms with van der Waals surface area (Å²) in [4.78, 5) is 3.17. The van der Waals surface area contributed by atoms with Crippen LogP contribution in [-0.4, -0.2) is 7.11 Å². The molecular weight excluding hydrogens is 308 g/mol. The molecule has 0 saturated heterocycles. The van der Waals surface area contributed by atoms with Crippen molar-refractivity contribution in [2.75, 3.05) is 7.11 Å². The van der Waals surface area contributed by atoms with Gasteiger partial charge in [0.25, 0.3) is 0 Å². The van der Waals surface area contributed by atoms with Gasteiger partial charge in [0, 0.05) is 14.6 Å². The van der Waals surface area contributed by atoms with E-state index in [1.807, 2.05) is 23.5 Å². The number of hydrogen-bond donors (Lipinski definition) is 0. The van der Waals surface area contributed by atoms with Crippen LogP contribution in [0.3, 0.4) is 0 Å². The molecule has 0 saturated carbocycles. The Labute approximate surface area is 121 Å². The van der Waals surface area contributed by atoms with Crippen LogP contribution in [0.4, 0.5) is 0 Å². The van der Waals surface area contributed by atoms with Crippen molar-refractivity contribution >= 4 is 27.3 Å². The van der Waals surface area contributed by atoms with E-state index in [4.69, 9.17) is 4.74 Å². The van der Waals surface area contributed by atoms with Gasteiger partial charge in [0.1, 0.15) is 5.75 Å². The van der Waals surface area contributed by atoms with Gasteiger partial charge in [-0.2, -0.15) is 0 Å². The van der Waals surface area contributed by atoms with Crippen LogP contribution in [0.5, 0.6) is 5.75 Å². The molecule has 0 radical (unpaired) electrons. The average molecular weight is 325 g/mol. The van der Waals surface area contributed by atoms with Crippen molar-refractivity contribution in [3.8, 4) is 5.75 Å². The van der Waals surface area contributed by atoms with Crippen LogP contribution < -0.4 is 4.74 Å². The molecule has 0 bridgehead atoms. The lowest BCUT2D eigenvalue weighted by molar-refractivity contribution is 0.414. The fraction of sp³-hybridized carbons (Fsp3) is 0.333. The van der Waals surface area contributed by atoms with E-state index in [0.717, 1.165) is 12.2 Å². The Morgan fingerprint density at radius 1 is 1.22 bits per heavy atom. The van der Waals surface area contributed by atoms with E-state index in [0.29, 0.717) is 4.83 Å². The molecular formula is C15H17BrOS. The summed E-state index contributed by atoms with van der Waals surface area (Å²) in [5.74, 6) is 0.910. The lowest BCUT2D eigenvalue weighted by Gasteiger charge is -2.10. The second-order valence-electron chi connectivity index (χ2n) is 4.39. The van der Waals surface area contributed by atoms with Gasteiger partial charge in [0.05, 0.1) is 7.11 Å². The topological polar surface area (TPSA) is 9.23 Å². The van der Waals surface area contributed by atoms with E-state index in [2.05, 4.69) is 48.0 Å². The van der Waals surface area contributed by atoms with Gasteiger partial charge in [0.2, 0.25) is 0 Å². The Morgan fingerprint density at radius 3 is 2.39 bits per heavy atom. The van der Waals surface area contributed by atoms with Crippen molar-refractivity contribution in [1.82, 2.24) is 0 Å². The van der Waals surface area contributed by atoms with Gasteiger partial charge in [-0.05, 0) is 49.6 Å². The molecule has 0 spiro atoms. The fourth-order valence-corrected chi connectivity index (χ4v) is 4.03. The van der Waals surface area contributed by atoms with Crippen LogP contribution in [0.25, 0.3) is 0 Å². The third-order valence-electron chi connectivity index (χ3n) is 2.99. The van der Waals surface area contributed by atoms with Gasteiger partial charge in [-0.1, -0.05) is 28.1 Å². The second-order valence-corrected chi connectivity index (χ2v) is 6.95. The van der Waals surface area contributed by atoms with Gasteiger partial charge in [0.15, 0.2) is 0 Å². The maximum Gasteiger partial charge on any atom is 0.118 e. The molecule has 0 amide bonds. The first-order chi connectivity index (χ1) is 8.60. The summed E-state index contributed by atoms with van der Waals surface area (Å²) in [5, 5.41) is 0. The monoisotopic (exact) mass is 324 g/mol. The number of aryl methyl sites for hydroxylation is 2. The highest BCUT2D eigenvalue weighted by Gasteiger charge is 2.13. The highest BCUT2D eigenvalue weighted by Crippen LogP contribution is 2.34. The third-order valence-corrected chi connectivity index (χ3v) is 4.79. The minimum absolute atomic E-state index is 0.385. The highest BCUT2D eigenvalue weighted by atomic mass is 79.9. The number of alkyl halides is 1. The van der Waals surface area contributed by atoms with Gasteiger partial charge in [-0.3, -0.25) is 0 Å². The van der Waals surface area contributed by atoms with Gasteiger partial charge < -0.3 is 4.74 Å². The van der Waals surface area contributed by atoms with Crippen LogP contribution >= 0.6 is 27.3 Å². The van der Waals surface area contributed by atoms with Crippen LogP contribution in [-0.2, 0) is 6.42 Å². The van der Waals surface area contributed by atoms with E-state index in [1.165, 1.54) is 20.9 Å². The minimum atomic E-state index is 0.385. The molecule has 1 aromatic carbocycles. The summed E-state index contributed by atoms with van der Waals surface area (Å²) >= 11 is 5.66. The summed E-state index contributed by atoms with van der Waals surface area (Å²) in [7, 11) is 1.69. The largest absolute Gasteiger partial charge is 0.497 e. The van der Waals surface area contributed by atoms with E-state index >= 15 is 0 Å². The normalized spacial score (nSPS) is 12.4. The van der Waals surface area contributed by atoms with E-state index in [9.17, 15) is 0 Å². The van der Waals surface area contributed by atoms with Crippen molar-refractivity contribution < 1.29 is 4.74 Å². The Morgan fingerprint density at radius 2 is 1.89 bits per heavy atom. The molecule has 2 rings (SSSR count). The summed E-state index contributed by atoms with van der Waals surface area (Å²) in [5.41, 5.74) is 2.73. The van der Waals surface area contributed by atoms with Crippen molar-refractivity contribution in [2.45, 2.75) is 25.1 Å². The molecule has 2 aromatic rings. The first-order valence-corrected chi connectivity index (χ1v) is 7.67. The quantitative estimate of drug-likeness (QED) is 0.715. The molecule has 96 valence electrons. The molecule has 0 aliphatic carbocycles. The standard InChI is InChI=1S/C15H17BrOS/c1-10-8-14(11(2)18-10)15(16)9-12-4-6-13(17-3)7-5-12/h4-8,15H,9H2,1-3H3. The Hall–Kier alpha value is -0.800. The number of benzene rings is 1. The molecule has 18 heavy (non-hydrogen) atoms. The SMILES string of the molecule is COc1ccc(CC(Br)c2cc(C)sc2C)cc1. The molecule has 0 N–H and O–H groups in total. The number of thiophene rings is 1. The van der Waals surface area contributed by atoms with Gasteiger partial charge >= 0.3 is 0 Å². The highest BCUT2D eigenvalue weighted by molar-refractivity contribution is 9.09. The lowest BCUT2D eigenvalue weighted by Crippen LogP contribution is -1.95. The van der Waals surface area contributed by atoms with Crippen molar-refractivity contribution in [3.63, 3.8) is 0 Å². The van der Waals surface area contributed by atoms with Crippen LogP contribution in [0.15, 0.2) is 30.3 Å². The smallest absolute Gasteiger partial charge is 0.118 e. The number of hydrogen-bond acceptors (Lipinski definition) is 2. The molecule has 1 atom stereocenters. The van der Waals surface area contributed by atoms with Crippen molar-refractivity contribution in [2.24, 2.45) is 0 Å².